The molecule has 184 valence electrons. The van der Waals surface area contributed by atoms with Crippen LogP contribution in [0.15, 0.2) is 71.9 Å². The first-order valence-electron chi connectivity index (χ1n) is 11.4. The molecule has 4 aromatic rings. The van der Waals surface area contributed by atoms with Gasteiger partial charge in [0.25, 0.3) is 15.9 Å². The summed E-state index contributed by atoms with van der Waals surface area (Å²) in [5, 5.41) is -0.259. The van der Waals surface area contributed by atoms with Gasteiger partial charge in [0.1, 0.15) is 11.3 Å². The Bertz CT molecular complexity index is 1540. The summed E-state index contributed by atoms with van der Waals surface area (Å²) in [5.41, 5.74) is 6.52. The van der Waals surface area contributed by atoms with Crippen molar-refractivity contribution in [2.75, 3.05) is 0 Å². The number of aromatic nitrogens is 2. The molecule has 0 fully saturated rings. The first-order chi connectivity index (χ1) is 17.0. The van der Waals surface area contributed by atoms with E-state index in [0.29, 0.717) is 11.4 Å². The fourth-order valence-electron chi connectivity index (χ4n) is 3.91. The number of sulfonamides is 1. The maximum Gasteiger partial charge on any atom is 0.281 e. The van der Waals surface area contributed by atoms with Gasteiger partial charge in [-0.2, -0.15) is 8.42 Å². The molecule has 0 atom stereocenters. The van der Waals surface area contributed by atoms with Gasteiger partial charge in [0.05, 0.1) is 5.69 Å². The molecule has 2 aromatic heterocycles. The molecular formula is C28H27N3O4S. The Labute approximate surface area is 211 Å². The highest BCUT2D eigenvalue weighted by Crippen LogP contribution is 2.33. The molecule has 2 heterocycles. The van der Waals surface area contributed by atoms with Crippen molar-refractivity contribution in [1.82, 2.24) is 14.7 Å². The third kappa shape index (κ3) is 5.28. The Kier molecular flexibility index (Phi) is 6.90. The van der Waals surface area contributed by atoms with E-state index in [1.54, 1.807) is 12.1 Å². The fraction of sp³-hybridized carbons (Fsp3) is 0.179. The van der Waals surface area contributed by atoms with E-state index in [2.05, 4.69) is 14.7 Å². The van der Waals surface area contributed by atoms with Crippen LogP contribution in [0.1, 0.15) is 38.2 Å². The van der Waals surface area contributed by atoms with Gasteiger partial charge in [-0.25, -0.2) is 14.7 Å². The molecular weight excluding hydrogens is 474 g/mol. The monoisotopic (exact) mass is 501 g/mol. The van der Waals surface area contributed by atoms with Crippen molar-refractivity contribution in [2.24, 2.45) is 0 Å². The Hall–Kier alpha value is -4.04. The number of nitrogens with one attached hydrogen (secondary N) is 1. The van der Waals surface area contributed by atoms with Crippen LogP contribution in [0.2, 0.25) is 0 Å². The average molecular weight is 502 g/mol. The van der Waals surface area contributed by atoms with Crippen LogP contribution in [0, 0.1) is 34.6 Å². The van der Waals surface area contributed by atoms with Crippen molar-refractivity contribution in [2.45, 2.75) is 39.6 Å². The molecule has 0 aliphatic carbocycles. The van der Waals surface area contributed by atoms with E-state index in [1.807, 2.05) is 65.0 Å². The molecule has 0 radical (unpaired) electrons. The Morgan fingerprint density at radius 1 is 0.833 bits per heavy atom. The number of amides is 1. The molecule has 0 saturated heterocycles. The summed E-state index contributed by atoms with van der Waals surface area (Å²) >= 11 is 0. The predicted molar refractivity (Wildman–Crippen MR) is 139 cm³/mol. The van der Waals surface area contributed by atoms with Crippen LogP contribution in [0.3, 0.4) is 0 Å². The Morgan fingerprint density at radius 3 is 2.19 bits per heavy atom. The predicted octanol–water partition coefficient (Wildman–Crippen LogP) is 5.60. The lowest BCUT2D eigenvalue weighted by atomic mass is 10.0. The fourth-order valence-corrected chi connectivity index (χ4v) is 4.83. The lowest BCUT2D eigenvalue weighted by molar-refractivity contribution is 0.0978. The topological polar surface area (TPSA) is 98.2 Å². The number of nitrogens with zero attached hydrogens (tertiary/aromatic N) is 2. The van der Waals surface area contributed by atoms with E-state index in [4.69, 9.17) is 4.74 Å². The highest BCUT2D eigenvalue weighted by molar-refractivity contribution is 7.90. The van der Waals surface area contributed by atoms with Crippen molar-refractivity contribution < 1.29 is 17.9 Å². The molecule has 0 bridgehead atoms. The number of rotatable bonds is 6. The molecule has 0 saturated carbocycles. The smallest absolute Gasteiger partial charge is 0.281 e. The minimum atomic E-state index is -4.19. The zero-order chi connectivity index (χ0) is 26.0. The van der Waals surface area contributed by atoms with Gasteiger partial charge in [-0.15, -0.1) is 0 Å². The van der Waals surface area contributed by atoms with Gasteiger partial charge >= 0.3 is 0 Å². The van der Waals surface area contributed by atoms with Gasteiger partial charge in [-0.3, -0.25) is 4.79 Å². The largest absolute Gasteiger partial charge is 0.438 e. The van der Waals surface area contributed by atoms with E-state index in [0.717, 1.165) is 33.4 Å². The molecule has 4 rings (SSSR count). The molecule has 0 aliphatic rings. The van der Waals surface area contributed by atoms with E-state index < -0.39 is 15.9 Å². The highest BCUT2D eigenvalue weighted by atomic mass is 32.2. The second kappa shape index (κ2) is 9.91. The number of aryl methyl sites for hydroxylation is 5. The van der Waals surface area contributed by atoms with Crippen LogP contribution in [0.4, 0.5) is 0 Å². The lowest BCUT2D eigenvalue weighted by Gasteiger charge is -2.16. The van der Waals surface area contributed by atoms with Crippen molar-refractivity contribution in [3.8, 4) is 22.9 Å². The molecule has 0 aliphatic heterocycles. The number of hydrogen-bond acceptors (Lipinski definition) is 6. The standard InChI is InChI=1S/C28H27N3O4S/c1-17-14-20(4)26(21(5)15-17)35-28-23(27(32)31-36(33,34)25-8-6-7-13-29-25)11-12-24(30-28)22-10-9-18(2)19(3)16-22/h6-16H,1-5H3,(H,31,32). The maximum absolute atomic E-state index is 13.2. The van der Waals surface area contributed by atoms with Crippen LogP contribution in [0.5, 0.6) is 11.6 Å². The summed E-state index contributed by atoms with van der Waals surface area (Å²) in [7, 11) is -4.19. The number of carbonyl (C=O) groups is 1. The van der Waals surface area contributed by atoms with E-state index in [1.165, 1.54) is 24.4 Å². The molecule has 7 nitrogen and oxygen atoms in total. The minimum absolute atomic E-state index is 0.00880. The van der Waals surface area contributed by atoms with Crippen LogP contribution >= 0.6 is 0 Å². The molecule has 8 heteroatoms. The Balaban J connectivity index is 1.79. The van der Waals surface area contributed by atoms with Crippen LogP contribution in [-0.4, -0.2) is 24.3 Å². The van der Waals surface area contributed by atoms with Crippen LogP contribution in [0.25, 0.3) is 11.3 Å². The highest BCUT2D eigenvalue weighted by Gasteiger charge is 2.24. The molecule has 36 heavy (non-hydrogen) atoms. The first-order valence-corrected chi connectivity index (χ1v) is 12.9. The molecule has 1 amide bonds. The van der Waals surface area contributed by atoms with Gasteiger partial charge in [-0.1, -0.05) is 35.9 Å². The minimum Gasteiger partial charge on any atom is -0.438 e. The molecule has 1 N–H and O–H groups in total. The third-order valence-corrected chi connectivity index (χ3v) is 7.10. The van der Waals surface area contributed by atoms with Gasteiger partial charge in [-0.05, 0) is 87.2 Å². The second-order valence-corrected chi connectivity index (χ2v) is 10.4. The van der Waals surface area contributed by atoms with Crippen molar-refractivity contribution >= 4 is 15.9 Å². The molecule has 2 aromatic carbocycles. The third-order valence-electron chi connectivity index (χ3n) is 5.85. The van der Waals surface area contributed by atoms with Crippen molar-refractivity contribution in [3.05, 3.63) is 100 Å². The summed E-state index contributed by atoms with van der Waals surface area (Å²) in [4.78, 5) is 21.7. The van der Waals surface area contributed by atoms with E-state index >= 15 is 0 Å². The van der Waals surface area contributed by atoms with E-state index in [9.17, 15) is 13.2 Å². The quantitative estimate of drug-likeness (QED) is 0.369. The van der Waals surface area contributed by atoms with Crippen molar-refractivity contribution in [1.29, 1.82) is 0 Å². The lowest BCUT2D eigenvalue weighted by Crippen LogP contribution is -2.31. The van der Waals surface area contributed by atoms with E-state index in [-0.39, 0.29) is 16.5 Å². The second-order valence-electron chi connectivity index (χ2n) is 8.78. The number of benzene rings is 2. The van der Waals surface area contributed by atoms with Gasteiger partial charge in [0, 0.05) is 11.8 Å². The summed E-state index contributed by atoms with van der Waals surface area (Å²) in [6, 6.07) is 17.5. The number of pyridine rings is 2. The zero-order valence-corrected chi connectivity index (χ0v) is 21.6. The number of ether oxygens (including phenoxy) is 1. The summed E-state index contributed by atoms with van der Waals surface area (Å²) in [5.74, 6) is -0.293. The van der Waals surface area contributed by atoms with Crippen LogP contribution < -0.4 is 9.46 Å². The van der Waals surface area contributed by atoms with Crippen molar-refractivity contribution in [3.63, 3.8) is 0 Å². The SMILES string of the molecule is Cc1cc(C)c(Oc2nc(-c3ccc(C)c(C)c3)ccc2C(=O)NS(=O)(=O)c2ccccn2)c(C)c1. The van der Waals surface area contributed by atoms with Gasteiger partial charge < -0.3 is 4.74 Å². The number of carbonyl (C=O) groups excluding carboxylic acids is 1. The number of hydrogen-bond donors (Lipinski definition) is 1. The normalized spacial score (nSPS) is 11.2. The van der Waals surface area contributed by atoms with Gasteiger partial charge in [0.2, 0.25) is 5.88 Å². The van der Waals surface area contributed by atoms with Gasteiger partial charge in [0.15, 0.2) is 5.03 Å². The van der Waals surface area contributed by atoms with Crippen LogP contribution in [-0.2, 0) is 10.0 Å². The average Bonchev–Trinajstić information content (AvgIpc) is 2.83. The molecule has 0 spiro atoms. The molecule has 0 unspecified atom stereocenters. The summed E-state index contributed by atoms with van der Waals surface area (Å²) in [6.45, 7) is 9.85. The zero-order valence-electron chi connectivity index (χ0n) is 20.8. The summed E-state index contributed by atoms with van der Waals surface area (Å²) in [6.07, 6.45) is 1.34. The Morgan fingerprint density at radius 2 is 1.56 bits per heavy atom. The maximum atomic E-state index is 13.2. The summed E-state index contributed by atoms with van der Waals surface area (Å²) < 4.78 is 33.7. The first kappa shape index (κ1) is 25.1.